The van der Waals surface area contributed by atoms with Crippen LogP contribution in [-0.4, -0.2) is 56.1 Å². The minimum absolute atomic E-state index is 0.0415. The first-order valence-electron chi connectivity index (χ1n) is 12.5. The van der Waals surface area contributed by atoms with Crippen LogP contribution in [0.15, 0.2) is 41.3 Å². The highest BCUT2D eigenvalue weighted by molar-refractivity contribution is 5.92. The number of benzene rings is 2. The third-order valence-corrected chi connectivity index (χ3v) is 6.38. The number of aromatic amines is 1. The smallest absolute Gasteiger partial charge is 0.343 e. The number of halogens is 1. The lowest BCUT2D eigenvalue weighted by Crippen LogP contribution is -2.29. The second-order valence-electron chi connectivity index (χ2n) is 8.76. The lowest BCUT2D eigenvalue weighted by atomic mass is 9.86. The summed E-state index contributed by atoms with van der Waals surface area (Å²) in [6, 6.07) is 7.42. The van der Waals surface area contributed by atoms with Gasteiger partial charge in [-0.1, -0.05) is 12.1 Å². The predicted molar refractivity (Wildman–Crippen MR) is 140 cm³/mol. The van der Waals surface area contributed by atoms with Crippen molar-refractivity contribution in [3.63, 3.8) is 0 Å². The van der Waals surface area contributed by atoms with Gasteiger partial charge in [-0.15, -0.1) is 0 Å². The van der Waals surface area contributed by atoms with Crippen LogP contribution in [0.2, 0.25) is 0 Å². The second-order valence-corrected chi connectivity index (χ2v) is 8.76. The number of aromatic nitrogens is 1. The van der Waals surface area contributed by atoms with Crippen molar-refractivity contribution >= 4 is 11.9 Å². The number of methoxy groups -OCH3 is 2. The molecule has 0 fully saturated rings. The van der Waals surface area contributed by atoms with Gasteiger partial charge in [0.2, 0.25) is 24.2 Å². The van der Waals surface area contributed by atoms with Crippen molar-refractivity contribution in [3.05, 3.63) is 75.0 Å². The van der Waals surface area contributed by atoms with Crippen LogP contribution in [-0.2, 0) is 16.0 Å². The fourth-order valence-electron chi connectivity index (χ4n) is 4.50. The summed E-state index contributed by atoms with van der Waals surface area (Å²) in [5, 5.41) is 13.9. The monoisotopic (exact) mass is 556 g/mol. The normalized spacial score (nSPS) is 12.5. The van der Waals surface area contributed by atoms with E-state index in [2.05, 4.69) is 10.3 Å². The quantitative estimate of drug-likeness (QED) is 0.304. The average molecular weight is 557 g/mol. The van der Waals surface area contributed by atoms with Crippen molar-refractivity contribution in [1.82, 2.24) is 10.3 Å². The molecule has 0 spiro atoms. The number of amides is 1. The third-order valence-electron chi connectivity index (χ3n) is 6.38. The fourth-order valence-corrected chi connectivity index (χ4v) is 4.50. The van der Waals surface area contributed by atoms with Gasteiger partial charge in [-0.05, 0) is 37.1 Å². The van der Waals surface area contributed by atoms with E-state index in [1.54, 1.807) is 19.1 Å². The van der Waals surface area contributed by atoms with Gasteiger partial charge in [0.15, 0.2) is 11.5 Å². The maximum Gasteiger partial charge on any atom is 0.343 e. The van der Waals surface area contributed by atoms with Crippen LogP contribution in [0.25, 0.3) is 0 Å². The van der Waals surface area contributed by atoms with Crippen molar-refractivity contribution < 1.29 is 42.8 Å². The third kappa shape index (κ3) is 5.80. The molecule has 3 aromatic rings. The first-order valence-corrected chi connectivity index (χ1v) is 12.5. The molecule has 1 aliphatic rings. The molecule has 0 saturated heterocycles. The van der Waals surface area contributed by atoms with Crippen LogP contribution in [0.5, 0.6) is 28.7 Å². The van der Waals surface area contributed by atoms with Crippen molar-refractivity contribution in [3.8, 4) is 28.7 Å². The number of esters is 1. The zero-order valence-electron chi connectivity index (χ0n) is 22.2. The van der Waals surface area contributed by atoms with Gasteiger partial charge in [0.05, 0.1) is 26.4 Å². The number of aromatic hydroxyl groups is 1. The minimum atomic E-state index is -1.12. The molecule has 1 aliphatic heterocycles. The van der Waals surface area contributed by atoms with Crippen molar-refractivity contribution in [2.75, 3.05) is 34.2 Å². The molecule has 3 N–H and O–H groups in total. The molecular formula is C28H29FN2O9. The van der Waals surface area contributed by atoms with E-state index < -0.39 is 29.1 Å². The Balaban J connectivity index is 1.75. The van der Waals surface area contributed by atoms with Crippen LogP contribution in [0.4, 0.5) is 4.39 Å². The first-order chi connectivity index (χ1) is 19.3. The van der Waals surface area contributed by atoms with Gasteiger partial charge in [-0.25, -0.2) is 9.18 Å². The maximum absolute atomic E-state index is 13.2. The molecule has 0 saturated carbocycles. The molecule has 2 heterocycles. The van der Waals surface area contributed by atoms with E-state index in [1.807, 2.05) is 0 Å². The summed E-state index contributed by atoms with van der Waals surface area (Å²) in [6.45, 7) is 1.76. The molecule has 212 valence electrons. The Hall–Kier alpha value is -4.74. The molecular weight excluding hydrogens is 527 g/mol. The number of hydrogen-bond donors (Lipinski definition) is 3. The van der Waals surface area contributed by atoms with Crippen LogP contribution >= 0.6 is 0 Å². The van der Waals surface area contributed by atoms with E-state index in [1.165, 1.54) is 32.4 Å². The van der Waals surface area contributed by atoms with Crippen LogP contribution in [0, 0.1) is 5.82 Å². The summed E-state index contributed by atoms with van der Waals surface area (Å²) >= 11 is 0. The van der Waals surface area contributed by atoms with Gasteiger partial charge in [-0.2, -0.15) is 0 Å². The molecule has 11 nitrogen and oxygen atoms in total. The predicted octanol–water partition coefficient (Wildman–Crippen LogP) is 3.02. The minimum Gasteiger partial charge on any atom is -0.506 e. The summed E-state index contributed by atoms with van der Waals surface area (Å²) < 4.78 is 40.4. The Morgan fingerprint density at radius 1 is 1.15 bits per heavy atom. The van der Waals surface area contributed by atoms with E-state index in [4.69, 9.17) is 23.7 Å². The topological polar surface area (TPSA) is 145 Å². The van der Waals surface area contributed by atoms with Gasteiger partial charge in [-0.3, -0.25) is 9.59 Å². The molecule has 0 radical (unpaired) electrons. The Bertz CT molecular complexity index is 1450. The molecule has 12 heteroatoms. The number of rotatable bonds is 11. The SMILES string of the molecule is CCOC(=O)c1c[nH]c(=O)c([C@H](CC(=O)NCCc2ccc(F)cc2)c2cc(OC)c3c(c2OC)OCO3)c1O. The molecule has 1 amide bonds. The standard InChI is InChI=1S/C28H29FN2O9/c1-4-38-28(35)19-13-31-27(34)22(23(19)33)17(12-21(32)30-10-9-15-5-7-16(29)8-6-15)18-11-20(36-2)25-26(24(18)37-3)40-14-39-25/h5-8,11,13,17H,4,9-10,12,14H2,1-3H3,(H,30,32)(H2,31,33,34)/t17-/m1/s1. The summed E-state index contributed by atoms with van der Waals surface area (Å²) in [4.78, 5) is 41.3. The van der Waals surface area contributed by atoms with E-state index in [-0.39, 0.29) is 71.9 Å². The van der Waals surface area contributed by atoms with E-state index >= 15 is 0 Å². The highest BCUT2D eigenvalue weighted by atomic mass is 19.1. The summed E-state index contributed by atoms with van der Waals surface area (Å²) in [5.74, 6) is -2.53. The molecule has 2 aromatic carbocycles. The second kappa shape index (κ2) is 12.4. The lowest BCUT2D eigenvalue weighted by molar-refractivity contribution is -0.121. The Labute approximate surface area is 228 Å². The number of nitrogens with one attached hydrogen (secondary N) is 2. The van der Waals surface area contributed by atoms with Crippen molar-refractivity contribution in [1.29, 1.82) is 0 Å². The van der Waals surface area contributed by atoms with E-state index in [0.717, 1.165) is 11.8 Å². The van der Waals surface area contributed by atoms with Crippen molar-refractivity contribution in [2.24, 2.45) is 0 Å². The Morgan fingerprint density at radius 3 is 2.55 bits per heavy atom. The van der Waals surface area contributed by atoms with E-state index in [9.17, 15) is 23.9 Å². The number of carbonyl (C=O) groups excluding carboxylic acids is 2. The number of pyridine rings is 1. The largest absolute Gasteiger partial charge is 0.506 e. The number of hydrogen-bond acceptors (Lipinski definition) is 9. The molecule has 1 aromatic heterocycles. The first kappa shape index (κ1) is 28.3. The molecule has 0 bridgehead atoms. The molecule has 0 unspecified atom stereocenters. The number of fused-ring (bicyclic) bond motifs is 1. The number of ether oxygens (including phenoxy) is 5. The van der Waals surface area contributed by atoms with Crippen LogP contribution in [0.3, 0.4) is 0 Å². The van der Waals surface area contributed by atoms with Gasteiger partial charge >= 0.3 is 5.97 Å². The molecule has 40 heavy (non-hydrogen) atoms. The van der Waals surface area contributed by atoms with Crippen LogP contribution in [0.1, 0.15) is 46.3 Å². The molecule has 1 atom stereocenters. The van der Waals surface area contributed by atoms with Gasteiger partial charge in [0, 0.05) is 30.6 Å². The summed E-state index contributed by atoms with van der Waals surface area (Å²) in [7, 11) is 2.79. The highest BCUT2D eigenvalue weighted by Crippen LogP contribution is 2.53. The maximum atomic E-state index is 13.2. The molecule has 4 rings (SSSR count). The van der Waals surface area contributed by atoms with Crippen molar-refractivity contribution in [2.45, 2.75) is 25.7 Å². The summed E-state index contributed by atoms with van der Waals surface area (Å²) in [5.41, 5.74) is -0.160. The molecule has 0 aliphatic carbocycles. The highest BCUT2D eigenvalue weighted by Gasteiger charge is 2.35. The van der Waals surface area contributed by atoms with Gasteiger partial charge < -0.3 is 39.1 Å². The Morgan fingerprint density at radius 2 is 1.88 bits per heavy atom. The number of carbonyl (C=O) groups is 2. The number of H-pyrrole nitrogens is 1. The zero-order valence-corrected chi connectivity index (χ0v) is 22.2. The van der Waals surface area contributed by atoms with Gasteiger partial charge in [0.25, 0.3) is 5.56 Å². The zero-order chi connectivity index (χ0) is 28.8. The fraction of sp³-hybridized carbons (Fsp3) is 0.321. The van der Waals surface area contributed by atoms with E-state index in [0.29, 0.717) is 6.42 Å². The lowest BCUT2D eigenvalue weighted by Gasteiger charge is -2.23. The summed E-state index contributed by atoms with van der Waals surface area (Å²) in [6.07, 6.45) is 1.16. The Kier molecular flexibility index (Phi) is 8.77. The van der Waals surface area contributed by atoms with Gasteiger partial charge in [0.1, 0.15) is 17.1 Å². The average Bonchev–Trinajstić information content (AvgIpc) is 3.43. The van der Waals surface area contributed by atoms with Crippen LogP contribution < -0.4 is 29.8 Å².